The number of amides is 1. The third-order valence-electron chi connectivity index (χ3n) is 4.04. The molecule has 1 aromatic heterocycles. The number of benzene rings is 2. The van der Waals surface area contributed by atoms with Gasteiger partial charge in [0.25, 0.3) is 5.91 Å². The van der Waals surface area contributed by atoms with Crippen LogP contribution in [0.4, 0.5) is 5.69 Å². The number of nitrogens with one attached hydrogen (secondary N) is 1. The van der Waals surface area contributed by atoms with Crippen LogP contribution in [0, 0.1) is 13.8 Å². The Morgan fingerprint density at radius 1 is 1.12 bits per heavy atom. The zero-order valence-corrected chi connectivity index (χ0v) is 15.3. The summed E-state index contributed by atoms with van der Waals surface area (Å²) in [6, 6.07) is 17.2. The maximum absolute atomic E-state index is 12.6. The second-order valence-corrected chi connectivity index (χ2v) is 6.20. The van der Waals surface area contributed by atoms with Crippen molar-refractivity contribution in [2.45, 2.75) is 27.2 Å². The smallest absolute Gasteiger partial charge is 0.276 e. The Kier molecular flexibility index (Phi) is 5.37. The largest absolute Gasteiger partial charge is 0.494 e. The topological polar surface area (TPSA) is 56.1 Å². The maximum Gasteiger partial charge on any atom is 0.276 e. The summed E-state index contributed by atoms with van der Waals surface area (Å²) < 4.78 is 7.39. The van der Waals surface area contributed by atoms with E-state index in [1.54, 1.807) is 10.7 Å². The van der Waals surface area contributed by atoms with Crippen LogP contribution in [-0.4, -0.2) is 22.3 Å². The number of carbonyl (C=O) groups excluding carboxylic acids is 1. The Morgan fingerprint density at radius 3 is 2.58 bits per heavy atom. The van der Waals surface area contributed by atoms with E-state index in [2.05, 4.69) is 17.3 Å². The Morgan fingerprint density at radius 2 is 1.88 bits per heavy atom. The molecule has 0 spiro atoms. The predicted molar refractivity (Wildman–Crippen MR) is 103 cm³/mol. The molecule has 0 atom stereocenters. The van der Waals surface area contributed by atoms with Crippen molar-refractivity contribution in [2.24, 2.45) is 0 Å². The van der Waals surface area contributed by atoms with Crippen LogP contribution in [0.25, 0.3) is 5.69 Å². The van der Waals surface area contributed by atoms with Gasteiger partial charge in [0.1, 0.15) is 5.75 Å². The second kappa shape index (κ2) is 7.87. The number of rotatable bonds is 6. The van der Waals surface area contributed by atoms with Crippen molar-refractivity contribution in [1.29, 1.82) is 0 Å². The lowest BCUT2D eigenvalue weighted by Gasteiger charge is -2.10. The van der Waals surface area contributed by atoms with Crippen molar-refractivity contribution in [3.05, 3.63) is 71.5 Å². The summed E-state index contributed by atoms with van der Waals surface area (Å²) >= 11 is 0. The van der Waals surface area contributed by atoms with Crippen LogP contribution in [0.2, 0.25) is 0 Å². The number of hydrogen-bond acceptors (Lipinski definition) is 3. The number of para-hydroxylation sites is 1. The van der Waals surface area contributed by atoms with E-state index in [-0.39, 0.29) is 5.91 Å². The molecule has 0 fully saturated rings. The fourth-order valence-electron chi connectivity index (χ4n) is 2.69. The molecule has 0 saturated carbocycles. The molecular formula is C21H23N3O2. The highest BCUT2D eigenvalue weighted by atomic mass is 16.5. The highest BCUT2D eigenvalue weighted by molar-refractivity contribution is 6.03. The first-order chi connectivity index (χ1) is 12.6. The van der Waals surface area contributed by atoms with E-state index in [9.17, 15) is 4.79 Å². The molecule has 5 nitrogen and oxygen atoms in total. The minimum absolute atomic E-state index is 0.229. The number of anilines is 1. The Balaban J connectivity index is 1.77. The van der Waals surface area contributed by atoms with Crippen LogP contribution in [0.15, 0.2) is 54.6 Å². The first-order valence-corrected chi connectivity index (χ1v) is 8.75. The number of hydrogen-bond donors (Lipinski definition) is 1. The normalized spacial score (nSPS) is 10.6. The summed E-state index contributed by atoms with van der Waals surface area (Å²) in [4.78, 5) is 12.6. The van der Waals surface area contributed by atoms with Gasteiger partial charge < -0.3 is 10.1 Å². The van der Waals surface area contributed by atoms with E-state index in [1.807, 2.05) is 62.4 Å². The third-order valence-corrected chi connectivity index (χ3v) is 4.04. The third kappa shape index (κ3) is 3.94. The van der Waals surface area contributed by atoms with Gasteiger partial charge in [0.2, 0.25) is 0 Å². The average Bonchev–Trinajstić information content (AvgIpc) is 3.04. The second-order valence-electron chi connectivity index (χ2n) is 6.20. The minimum Gasteiger partial charge on any atom is -0.494 e. The Bertz CT molecular complexity index is 901. The van der Waals surface area contributed by atoms with Crippen LogP contribution >= 0.6 is 0 Å². The molecule has 3 aromatic rings. The van der Waals surface area contributed by atoms with Crippen LogP contribution in [0.3, 0.4) is 0 Å². The maximum atomic E-state index is 12.6. The van der Waals surface area contributed by atoms with Crippen LogP contribution in [0.5, 0.6) is 5.75 Å². The fraction of sp³-hybridized carbons (Fsp3) is 0.238. The number of nitrogens with zero attached hydrogens (tertiary/aromatic N) is 2. The Labute approximate surface area is 153 Å². The summed E-state index contributed by atoms with van der Waals surface area (Å²) in [5, 5.41) is 7.38. The van der Waals surface area contributed by atoms with Gasteiger partial charge in [0, 0.05) is 11.4 Å². The summed E-state index contributed by atoms with van der Waals surface area (Å²) in [6.45, 7) is 6.63. The summed E-state index contributed by atoms with van der Waals surface area (Å²) in [5.41, 5.74) is 3.92. The van der Waals surface area contributed by atoms with Gasteiger partial charge in [0.05, 0.1) is 12.3 Å². The summed E-state index contributed by atoms with van der Waals surface area (Å²) in [7, 11) is 0. The molecule has 0 saturated heterocycles. The molecule has 0 unspecified atom stereocenters. The van der Waals surface area contributed by atoms with Crippen molar-refractivity contribution in [2.75, 3.05) is 11.9 Å². The summed E-state index contributed by atoms with van der Waals surface area (Å²) in [6.07, 6.45) is 0.959. The zero-order chi connectivity index (χ0) is 18.5. The van der Waals surface area contributed by atoms with Gasteiger partial charge >= 0.3 is 0 Å². The zero-order valence-electron chi connectivity index (χ0n) is 15.3. The van der Waals surface area contributed by atoms with E-state index in [4.69, 9.17) is 4.74 Å². The lowest BCUT2D eigenvalue weighted by atomic mass is 10.2. The van der Waals surface area contributed by atoms with Crippen molar-refractivity contribution >= 4 is 11.6 Å². The van der Waals surface area contributed by atoms with Gasteiger partial charge in [-0.2, -0.15) is 5.10 Å². The van der Waals surface area contributed by atoms with Crippen molar-refractivity contribution in [3.63, 3.8) is 0 Å². The van der Waals surface area contributed by atoms with Crippen LogP contribution in [-0.2, 0) is 0 Å². The molecule has 26 heavy (non-hydrogen) atoms. The lowest BCUT2D eigenvalue weighted by Crippen LogP contribution is -2.14. The van der Waals surface area contributed by atoms with Crippen molar-refractivity contribution in [1.82, 2.24) is 9.78 Å². The molecule has 0 aliphatic rings. The van der Waals surface area contributed by atoms with Gasteiger partial charge in [0.15, 0.2) is 5.69 Å². The molecule has 0 bridgehead atoms. The van der Waals surface area contributed by atoms with Crippen molar-refractivity contribution < 1.29 is 9.53 Å². The van der Waals surface area contributed by atoms with E-state index in [0.717, 1.165) is 34.8 Å². The number of aromatic nitrogens is 2. The SMILES string of the molecule is CCCOc1ccc(NC(=O)c2cc(C)n(-c3ccccc3)n2)c(C)c1. The van der Waals surface area contributed by atoms with E-state index < -0.39 is 0 Å². The van der Waals surface area contributed by atoms with E-state index >= 15 is 0 Å². The molecule has 1 heterocycles. The average molecular weight is 349 g/mol. The predicted octanol–water partition coefficient (Wildman–Crippen LogP) is 4.53. The van der Waals surface area contributed by atoms with Crippen LogP contribution < -0.4 is 10.1 Å². The quantitative estimate of drug-likeness (QED) is 0.711. The van der Waals surface area contributed by atoms with Gasteiger partial charge in [-0.05, 0) is 62.2 Å². The summed E-state index contributed by atoms with van der Waals surface area (Å²) in [5.74, 6) is 0.583. The van der Waals surface area contributed by atoms with Crippen LogP contribution in [0.1, 0.15) is 35.1 Å². The monoisotopic (exact) mass is 349 g/mol. The molecule has 1 amide bonds. The molecule has 1 N–H and O–H groups in total. The first kappa shape index (κ1) is 17.7. The first-order valence-electron chi connectivity index (χ1n) is 8.75. The highest BCUT2D eigenvalue weighted by Crippen LogP contribution is 2.22. The molecule has 0 radical (unpaired) electrons. The standard InChI is InChI=1S/C21H23N3O2/c1-4-12-26-18-10-11-19(15(2)13-18)22-21(25)20-14-16(3)24(23-20)17-8-6-5-7-9-17/h5-11,13-14H,4,12H2,1-3H3,(H,22,25). The van der Waals surface area contributed by atoms with Crippen molar-refractivity contribution in [3.8, 4) is 11.4 Å². The van der Waals surface area contributed by atoms with Gasteiger partial charge in [-0.1, -0.05) is 25.1 Å². The number of ether oxygens (including phenoxy) is 1. The molecule has 5 heteroatoms. The minimum atomic E-state index is -0.229. The molecule has 0 aliphatic heterocycles. The lowest BCUT2D eigenvalue weighted by molar-refractivity contribution is 0.102. The number of aryl methyl sites for hydroxylation is 2. The molecule has 134 valence electrons. The van der Waals surface area contributed by atoms with Gasteiger partial charge in [-0.15, -0.1) is 0 Å². The van der Waals surface area contributed by atoms with Gasteiger partial charge in [-0.25, -0.2) is 4.68 Å². The van der Waals surface area contributed by atoms with E-state index in [0.29, 0.717) is 12.3 Å². The van der Waals surface area contributed by atoms with Gasteiger partial charge in [-0.3, -0.25) is 4.79 Å². The van der Waals surface area contributed by atoms with E-state index in [1.165, 1.54) is 0 Å². The molecule has 0 aliphatic carbocycles. The fourth-order valence-corrected chi connectivity index (χ4v) is 2.69. The molecule has 2 aromatic carbocycles. The highest BCUT2D eigenvalue weighted by Gasteiger charge is 2.14. The molecular weight excluding hydrogens is 326 g/mol. The number of carbonyl (C=O) groups is 1. The Hall–Kier alpha value is -3.08. The molecule has 3 rings (SSSR count).